The van der Waals surface area contributed by atoms with E-state index in [1.165, 1.54) is 0 Å². The molecule has 5 rings (SSSR count). The van der Waals surface area contributed by atoms with Crippen molar-refractivity contribution in [1.82, 2.24) is 9.55 Å². The molecule has 0 aliphatic carbocycles. The number of fused-ring (bicyclic) bond motifs is 4. The van der Waals surface area contributed by atoms with Gasteiger partial charge in [0.2, 0.25) is 5.88 Å². The van der Waals surface area contributed by atoms with Crippen molar-refractivity contribution >= 4 is 22.4 Å². The lowest BCUT2D eigenvalue weighted by Gasteiger charge is -2.29. The summed E-state index contributed by atoms with van der Waals surface area (Å²) in [5, 5.41) is 11.2. The molecule has 0 saturated heterocycles. The Morgan fingerprint density at radius 1 is 1.03 bits per heavy atom. The van der Waals surface area contributed by atoms with Crippen molar-refractivity contribution < 1.29 is 14.2 Å². The predicted molar refractivity (Wildman–Crippen MR) is 119 cm³/mol. The van der Waals surface area contributed by atoms with Gasteiger partial charge in [-0.1, -0.05) is 41.9 Å². The zero-order valence-electron chi connectivity index (χ0n) is 17.3. The molecule has 0 saturated carbocycles. The summed E-state index contributed by atoms with van der Waals surface area (Å²) in [5.74, 6) is 2.06. The average Bonchev–Trinajstić information content (AvgIpc) is 2.80. The number of nitrogens with zero attached hydrogens (tertiary/aromatic N) is 2. The monoisotopic (exact) mass is 433 g/mol. The van der Waals surface area contributed by atoms with Crippen molar-refractivity contribution in [2.24, 2.45) is 7.05 Å². The molecule has 7 heteroatoms. The fourth-order valence-corrected chi connectivity index (χ4v) is 4.47. The van der Waals surface area contributed by atoms with E-state index in [2.05, 4.69) is 4.98 Å². The minimum Gasteiger partial charge on any atom is -0.493 e. The molecule has 4 aromatic rings. The lowest BCUT2D eigenvalue weighted by molar-refractivity contribution is 0.354. The van der Waals surface area contributed by atoms with Crippen LogP contribution in [0.2, 0.25) is 5.02 Å². The maximum absolute atomic E-state index is 8.74. The zero-order chi connectivity index (χ0) is 21.7. The van der Waals surface area contributed by atoms with Crippen molar-refractivity contribution in [2.45, 2.75) is 5.92 Å². The minimum absolute atomic E-state index is 0.312. The zero-order valence-corrected chi connectivity index (χ0v) is 18.0. The molecule has 1 unspecified atom stereocenters. The van der Waals surface area contributed by atoms with E-state index in [0.29, 0.717) is 39.2 Å². The van der Waals surface area contributed by atoms with E-state index in [1.54, 1.807) is 32.2 Å². The average molecular weight is 434 g/mol. The van der Waals surface area contributed by atoms with Gasteiger partial charge in [0.25, 0.3) is 0 Å². The summed E-state index contributed by atoms with van der Waals surface area (Å²) in [5.41, 5.74) is 2.80. The number of nitrogens with one attached hydrogen (secondary N) is 1. The Hall–Kier alpha value is -3.51. The highest BCUT2D eigenvalue weighted by Gasteiger charge is 2.34. The van der Waals surface area contributed by atoms with E-state index in [0.717, 1.165) is 21.9 Å². The molecule has 31 heavy (non-hydrogen) atoms. The lowest BCUT2D eigenvalue weighted by Crippen LogP contribution is -2.28. The van der Waals surface area contributed by atoms with Gasteiger partial charge in [0.05, 0.1) is 26.1 Å². The molecule has 1 aromatic heterocycles. The fraction of sp³-hybridized carbons (Fsp3) is 0.167. The van der Waals surface area contributed by atoms with Gasteiger partial charge in [-0.2, -0.15) is 0 Å². The summed E-state index contributed by atoms with van der Waals surface area (Å²) in [6, 6.07) is 15.6. The highest BCUT2D eigenvalue weighted by atomic mass is 35.5. The Morgan fingerprint density at radius 3 is 2.52 bits per heavy atom. The molecule has 156 valence electrons. The minimum atomic E-state index is -0.312. The van der Waals surface area contributed by atoms with Crippen molar-refractivity contribution in [2.75, 3.05) is 14.2 Å². The summed E-state index contributed by atoms with van der Waals surface area (Å²) in [4.78, 5) is 4.49. The van der Waals surface area contributed by atoms with E-state index in [-0.39, 0.29) is 5.92 Å². The van der Waals surface area contributed by atoms with Crippen molar-refractivity contribution in [3.63, 3.8) is 0 Å². The van der Waals surface area contributed by atoms with Gasteiger partial charge in [-0.25, -0.2) is 4.98 Å². The normalized spacial score (nSPS) is 14.5. The van der Waals surface area contributed by atoms with Crippen LogP contribution in [0.25, 0.3) is 10.8 Å². The lowest BCUT2D eigenvalue weighted by atomic mass is 9.82. The van der Waals surface area contributed by atoms with E-state index >= 15 is 0 Å². The van der Waals surface area contributed by atoms with Crippen molar-refractivity contribution in [3.8, 4) is 23.1 Å². The molecule has 3 aromatic carbocycles. The Kier molecular flexibility index (Phi) is 4.59. The summed E-state index contributed by atoms with van der Waals surface area (Å²) < 4.78 is 18.9. The van der Waals surface area contributed by atoms with Crippen LogP contribution < -0.4 is 19.7 Å². The molecule has 2 heterocycles. The maximum Gasteiger partial charge on any atom is 0.228 e. The smallest absolute Gasteiger partial charge is 0.228 e. The van der Waals surface area contributed by atoms with E-state index in [1.807, 2.05) is 48.5 Å². The summed E-state index contributed by atoms with van der Waals surface area (Å²) in [6.07, 6.45) is 1.59. The largest absolute Gasteiger partial charge is 0.493 e. The van der Waals surface area contributed by atoms with E-state index in [9.17, 15) is 0 Å². The molecule has 1 N–H and O–H groups in total. The first-order valence-corrected chi connectivity index (χ1v) is 10.1. The molecule has 1 aliphatic rings. The third-order valence-corrected chi connectivity index (χ3v) is 6.01. The van der Waals surface area contributed by atoms with Gasteiger partial charge < -0.3 is 18.8 Å². The van der Waals surface area contributed by atoms with Crippen LogP contribution in [-0.2, 0) is 7.05 Å². The number of aryl methyl sites for hydroxylation is 1. The molecular formula is C24H20ClN3O3. The Labute approximate surface area is 184 Å². The third kappa shape index (κ3) is 2.94. The van der Waals surface area contributed by atoms with Crippen LogP contribution >= 0.6 is 11.6 Å². The quantitative estimate of drug-likeness (QED) is 0.434. The molecule has 0 bridgehead atoms. The summed E-state index contributed by atoms with van der Waals surface area (Å²) >= 11 is 6.68. The van der Waals surface area contributed by atoms with Crippen LogP contribution in [0.1, 0.15) is 22.6 Å². The number of rotatable bonds is 3. The standard InChI is InChI=1S/C24H20ClN3O3/c1-28-12-27-24-21(23(28)26)20(13-8-9-18(29-2)19(10-13)30-3)16-11-17(25)14-6-4-5-7-15(14)22(16)31-24/h4-12,20,26H,1-3H3. The van der Waals surface area contributed by atoms with Crippen LogP contribution in [0, 0.1) is 5.41 Å². The number of ether oxygens (including phenoxy) is 3. The van der Waals surface area contributed by atoms with Crippen LogP contribution in [0.4, 0.5) is 0 Å². The molecule has 0 spiro atoms. The number of halogens is 1. The topological polar surface area (TPSA) is 69.4 Å². The number of aromatic nitrogens is 2. The Balaban J connectivity index is 1.86. The number of hydrogen-bond acceptors (Lipinski definition) is 5. The van der Waals surface area contributed by atoms with Gasteiger partial charge in [-0.3, -0.25) is 5.41 Å². The Morgan fingerprint density at radius 2 is 1.77 bits per heavy atom. The van der Waals surface area contributed by atoms with Crippen LogP contribution in [0.5, 0.6) is 23.1 Å². The number of methoxy groups -OCH3 is 2. The first-order chi connectivity index (χ1) is 15.0. The SMILES string of the molecule is COc1ccc(C2c3cc(Cl)c4ccccc4c3Oc3ncn(C)c(=N)c32)cc1OC. The van der Waals surface area contributed by atoms with Crippen LogP contribution in [0.3, 0.4) is 0 Å². The molecular weight excluding hydrogens is 414 g/mol. The first kappa shape index (κ1) is 19.5. The summed E-state index contributed by atoms with van der Waals surface area (Å²) in [6.45, 7) is 0. The Bertz CT molecular complexity index is 1400. The van der Waals surface area contributed by atoms with E-state index < -0.39 is 0 Å². The van der Waals surface area contributed by atoms with Gasteiger partial charge >= 0.3 is 0 Å². The first-order valence-electron chi connectivity index (χ1n) is 9.74. The van der Waals surface area contributed by atoms with Crippen LogP contribution in [0.15, 0.2) is 54.9 Å². The summed E-state index contributed by atoms with van der Waals surface area (Å²) in [7, 11) is 5.01. The second kappa shape index (κ2) is 7.32. The highest BCUT2D eigenvalue weighted by Crippen LogP contribution is 2.50. The number of benzene rings is 3. The van der Waals surface area contributed by atoms with Gasteiger partial charge in [0.1, 0.15) is 11.2 Å². The van der Waals surface area contributed by atoms with E-state index in [4.69, 9.17) is 31.2 Å². The van der Waals surface area contributed by atoms with Crippen molar-refractivity contribution in [1.29, 1.82) is 5.41 Å². The molecule has 0 radical (unpaired) electrons. The van der Waals surface area contributed by atoms with Gasteiger partial charge in [0, 0.05) is 34.3 Å². The predicted octanol–water partition coefficient (Wildman–Crippen LogP) is 5.01. The molecule has 6 nitrogen and oxygen atoms in total. The molecule has 1 aliphatic heterocycles. The maximum atomic E-state index is 8.74. The second-order valence-corrected chi connectivity index (χ2v) is 7.80. The van der Waals surface area contributed by atoms with Crippen LogP contribution in [-0.4, -0.2) is 23.8 Å². The molecule has 0 fully saturated rings. The third-order valence-electron chi connectivity index (χ3n) is 5.70. The van der Waals surface area contributed by atoms with Gasteiger partial charge in [-0.05, 0) is 23.8 Å². The number of hydrogen-bond donors (Lipinski definition) is 1. The highest BCUT2D eigenvalue weighted by molar-refractivity contribution is 6.36. The van der Waals surface area contributed by atoms with Gasteiger partial charge in [-0.15, -0.1) is 0 Å². The van der Waals surface area contributed by atoms with Gasteiger partial charge in [0.15, 0.2) is 11.5 Å². The molecule has 1 atom stereocenters. The van der Waals surface area contributed by atoms with Crippen molar-refractivity contribution in [3.05, 3.63) is 82.1 Å². The second-order valence-electron chi connectivity index (χ2n) is 7.39. The molecule has 0 amide bonds. The fourth-order valence-electron chi connectivity index (χ4n) is 4.18.